The van der Waals surface area contributed by atoms with Crippen molar-refractivity contribution >= 4 is 15.7 Å². The molecule has 138 valence electrons. The number of benzene rings is 1. The summed E-state index contributed by atoms with van der Waals surface area (Å²) in [4.78, 5) is 15.7. The highest BCUT2D eigenvalue weighted by Gasteiger charge is 2.48. The van der Waals surface area contributed by atoms with Gasteiger partial charge in [-0.15, -0.1) is 0 Å². The van der Waals surface area contributed by atoms with Crippen molar-refractivity contribution in [2.75, 3.05) is 19.3 Å². The fourth-order valence-corrected chi connectivity index (χ4v) is 4.85. The summed E-state index contributed by atoms with van der Waals surface area (Å²) in [5, 5.41) is 0. The van der Waals surface area contributed by atoms with Crippen LogP contribution in [0.25, 0.3) is 0 Å². The van der Waals surface area contributed by atoms with Crippen molar-refractivity contribution in [2.45, 2.75) is 56.3 Å². The van der Waals surface area contributed by atoms with Gasteiger partial charge in [0, 0.05) is 19.3 Å². The number of likely N-dealkylation sites (tertiary alicyclic amines) is 1. The molecule has 1 saturated carbocycles. The average Bonchev–Trinajstić information content (AvgIpc) is 2.53. The standard InChI is InChI=1S/C20H29NO3S/c1-15(2)16-6-4-13-21(14-16)19(22)20(11-5-12-20)17-7-9-18(10-8-17)25(3,23)24/h7-10,15-16H,4-6,11-14H2,1-3H3/t16-/m1/s1. The molecule has 5 heteroatoms. The Balaban J connectivity index is 1.84. The fourth-order valence-electron chi connectivity index (χ4n) is 4.22. The van der Waals surface area contributed by atoms with Gasteiger partial charge < -0.3 is 4.90 Å². The largest absolute Gasteiger partial charge is 0.342 e. The van der Waals surface area contributed by atoms with Gasteiger partial charge in [0.15, 0.2) is 9.84 Å². The Bertz CT molecular complexity index is 733. The molecule has 2 aliphatic rings. The molecule has 1 aliphatic carbocycles. The molecule has 1 atom stereocenters. The average molecular weight is 364 g/mol. The summed E-state index contributed by atoms with van der Waals surface area (Å²) in [5.74, 6) is 1.43. The second-order valence-electron chi connectivity index (χ2n) is 8.13. The summed E-state index contributed by atoms with van der Waals surface area (Å²) in [7, 11) is -3.21. The third-order valence-electron chi connectivity index (χ3n) is 6.14. The zero-order valence-corrected chi connectivity index (χ0v) is 16.3. The van der Waals surface area contributed by atoms with Crippen LogP contribution < -0.4 is 0 Å². The number of sulfone groups is 1. The molecular weight excluding hydrogens is 334 g/mol. The molecule has 0 radical (unpaired) electrons. The molecular formula is C20H29NO3S. The van der Waals surface area contributed by atoms with Crippen LogP contribution in [0.4, 0.5) is 0 Å². The highest BCUT2D eigenvalue weighted by molar-refractivity contribution is 7.90. The van der Waals surface area contributed by atoms with Gasteiger partial charge in [0.25, 0.3) is 0 Å². The summed E-state index contributed by atoms with van der Waals surface area (Å²) < 4.78 is 23.4. The number of nitrogens with zero attached hydrogens (tertiary/aromatic N) is 1. The molecule has 4 nitrogen and oxygen atoms in total. The van der Waals surface area contributed by atoms with E-state index in [2.05, 4.69) is 18.7 Å². The molecule has 0 aromatic heterocycles. The number of rotatable bonds is 4. The quantitative estimate of drug-likeness (QED) is 0.824. The highest BCUT2D eigenvalue weighted by Crippen LogP contribution is 2.46. The van der Waals surface area contributed by atoms with Crippen LogP contribution in [0.2, 0.25) is 0 Å². The fraction of sp³-hybridized carbons (Fsp3) is 0.650. The Hall–Kier alpha value is -1.36. The van der Waals surface area contributed by atoms with Gasteiger partial charge in [-0.25, -0.2) is 8.42 Å². The molecule has 0 N–H and O–H groups in total. The second-order valence-corrected chi connectivity index (χ2v) is 10.1. The molecule has 1 aliphatic heterocycles. The normalized spacial score (nSPS) is 23.4. The molecule has 0 spiro atoms. The third-order valence-corrected chi connectivity index (χ3v) is 7.27. The van der Waals surface area contributed by atoms with E-state index in [1.807, 2.05) is 12.1 Å². The van der Waals surface area contributed by atoms with Crippen molar-refractivity contribution in [3.63, 3.8) is 0 Å². The molecule has 1 heterocycles. The van der Waals surface area contributed by atoms with Gasteiger partial charge in [-0.05, 0) is 55.2 Å². The van der Waals surface area contributed by atoms with Gasteiger partial charge in [-0.3, -0.25) is 4.79 Å². The van der Waals surface area contributed by atoms with Crippen LogP contribution in [0.3, 0.4) is 0 Å². The number of carbonyl (C=O) groups is 1. The van der Waals surface area contributed by atoms with Crippen LogP contribution in [0.5, 0.6) is 0 Å². The summed E-state index contributed by atoms with van der Waals surface area (Å²) in [6.45, 7) is 6.19. The molecule has 25 heavy (non-hydrogen) atoms. The lowest BCUT2D eigenvalue weighted by molar-refractivity contribution is -0.143. The van der Waals surface area contributed by atoms with Crippen LogP contribution in [0.1, 0.15) is 51.5 Å². The maximum Gasteiger partial charge on any atom is 0.233 e. The predicted octanol–water partition coefficient (Wildman–Crippen LogP) is 3.41. The van der Waals surface area contributed by atoms with Gasteiger partial charge in [-0.1, -0.05) is 32.4 Å². The summed E-state index contributed by atoms with van der Waals surface area (Å²) in [6, 6.07) is 6.98. The van der Waals surface area contributed by atoms with Gasteiger partial charge in [-0.2, -0.15) is 0 Å². The van der Waals surface area contributed by atoms with Crippen molar-refractivity contribution in [3.05, 3.63) is 29.8 Å². The first kappa shape index (κ1) is 18.4. The minimum absolute atomic E-state index is 0.246. The van der Waals surface area contributed by atoms with E-state index in [0.717, 1.165) is 44.3 Å². The lowest BCUT2D eigenvalue weighted by Gasteiger charge is -2.46. The van der Waals surface area contributed by atoms with Crippen LogP contribution >= 0.6 is 0 Å². The lowest BCUT2D eigenvalue weighted by atomic mass is 9.63. The maximum atomic E-state index is 13.4. The zero-order valence-electron chi connectivity index (χ0n) is 15.5. The maximum absolute atomic E-state index is 13.4. The summed E-state index contributed by atoms with van der Waals surface area (Å²) in [5.41, 5.74) is 0.539. The summed E-state index contributed by atoms with van der Waals surface area (Å²) in [6.07, 6.45) is 6.29. The van der Waals surface area contributed by atoms with Crippen molar-refractivity contribution in [1.82, 2.24) is 4.90 Å². The molecule has 0 unspecified atom stereocenters. The van der Waals surface area contributed by atoms with Crippen molar-refractivity contribution in [2.24, 2.45) is 11.8 Å². The molecule has 1 aromatic carbocycles. The molecule has 1 aromatic rings. The van der Waals surface area contributed by atoms with Gasteiger partial charge >= 0.3 is 0 Å². The molecule has 1 amide bonds. The zero-order chi connectivity index (χ0) is 18.2. The Labute approximate surface area is 151 Å². The number of amides is 1. The molecule has 0 bridgehead atoms. The minimum atomic E-state index is -3.21. The smallest absolute Gasteiger partial charge is 0.233 e. The van der Waals surface area contributed by atoms with E-state index in [-0.39, 0.29) is 5.91 Å². The first-order valence-electron chi connectivity index (χ1n) is 9.34. The summed E-state index contributed by atoms with van der Waals surface area (Å²) >= 11 is 0. The SMILES string of the molecule is CC(C)[C@@H]1CCCN(C(=O)C2(c3ccc(S(C)(=O)=O)cc3)CCC2)C1. The Morgan fingerprint density at radius 3 is 2.28 bits per heavy atom. The lowest BCUT2D eigenvalue weighted by Crippen LogP contribution is -2.54. The first-order valence-corrected chi connectivity index (χ1v) is 11.2. The predicted molar refractivity (Wildman–Crippen MR) is 99.2 cm³/mol. The van der Waals surface area contributed by atoms with Crippen LogP contribution in [-0.2, 0) is 20.0 Å². The van der Waals surface area contributed by atoms with E-state index < -0.39 is 15.3 Å². The Morgan fingerprint density at radius 1 is 1.16 bits per heavy atom. The van der Waals surface area contributed by atoms with Crippen LogP contribution in [0, 0.1) is 11.8 Å². The number of carbonyl (C=O) groups excluding carboxylic acids is 1. The monoisotopic (exact) mass is 363 g/mol. The minimum Gasteiger partial charge on any atom is -0.342 e. The number of hydrogen-bond acceptors (Lipinski definition) is 3. The highest BCUT2D eigenvalue weighted by atomic mass is 32.2. The molecule has 3 rings (SSSR count). The van der Waals surface area contributed by atoms with E-state index in [9.17, 15) is 13.2 Å². The van der Waals surface area contributed by atoms with E-state index in [1.165, 1.54) is 12.7 Å². The second kappa shape index (κ2) is 6.75. The van der Waals surface area contributed by atoms with E-state index in [4.69, 9.17) is 0 Å². The Morgan fingerprint density at radius 2 is 1.80 bits per heavy atom. The van der Waals surface area contributed by atoms with E-state index in [0.29, 0.717) is 16.7 Å². The number of hydrogen-bond donors (Lipinski definition) is 0. The van der Waals surface area contributed by atoms with Crippen LogP contribution in [0.15, 0.2) is 29.2 Å². The topological polar surface area (TPSA) is 54.5 Å². The van der Waals surface area contributed by atoms with Crippen molar-refractivity contribution in [3.8, 4) is 0 Å². The first-order chi connectivity index (χ1) is 11.7. The van der Waals surface area contributed by atoms with Gasteiger partial charge in [0.1, 0.15) is 0 Å². The van der Waals surface area contributed by atoms with Crippen LogP contribution in [-0.4, -0.2) is 38.6 Å². The Kier molecular flexibility index (Phi) is 4.97. The van der Waals surface area contributed by atoms with Gasteiger partial charge in [0.2, 0.25) is 5.91 Å². The molecule has 2 fully saturated rings. The third kappa shape index (κ3) is 3.48. The van der Waals surface area contributed by atoms with Gasteiger partial charge in [0.05, 0.1) is 10.3 Å². The van der Waals surface area contributed by atoms with Crippen molar-refractivity contribution < 1.29 is 13.2 Å². The van der Waals surface area contributed by atoms with E-state index >= 15 is 0 Å². The molecule has 1 saturated heterocycles. The number of piperidine rings is 1. The van der Waals surface area contributed by atoms with Crippen molar-refractivity contribution in [1.29, 1.82) is 0 Å². The van der Waals surface area contributed by atoms with E-state index in [1.54, 1.807) is 12.1 Å².